The van der Waals surface area contributed by atoms with Gasteiger partial charge in [0.2, 0.25) is 5.91 Å². The molecule has 0 N–H and O–H groups in total. The maximum atomic E-state index is 11.9. The Balaban J connectivity index is 2.45. The van der Waals surface area contributed by atoms with Crippen molar-refractivity contribution < 1.29 is 4.79 Å². The molecule has 1 amide bonds. The van der Waals surface area contributed by atoms with Crippen molar-refractivity contribution in [1.82, 2.24) is 4.90 Å². The van der Waals surface area contributed by atoms with Gasteiger partial charge in [0.05, 0.1) is 6.07 Å². The highest BCUT2D eigenvalue weighted by Crippen LogP contribution is 2.28. The first kappa shape index (κ1) is 12.0. The molecule has 0 aliphatic heterocycles. The van der Waals surface area contributed by atoms with E-state index in [0.29, 0.717) is 12.3 Å². The van der Waals surface area contributed by atoms with E-state index in [9.17, 15) is 4.79 Å². The third-order valence-electron chi connectivity index (χ3n) is 3.12. The molecule has 0 radical (unpaired) electrons. The zero-order valence-electron chi connectivity index (χ0n) is 9.70. The first-order chi connectivity index (χ1) is 7.15. The lowest BCUT2D eigenvalue weighted by molar-refractivity contribution is -0.133. The summed E-state index contributed by atoms with van der Waals surface area (Å²) in [7, 11) is 0. The van der Waals surface area contributed by atoms with Crippen LogP contribution in [0.2, 0.25) is 0 Å². The lowest BCUT2D eigenvalue weighted by Crippen LogP contribution is -2.37. The zero-order chi connectivity index (χ0) is 11.3. The average molecular weight is 208 g/mol. The Morgan fingerprint density at radius 2 is 2.07 bits per heavy atom. The van der Waals surface area contributed by atoms with E-state index in [2.05, 4.69) is 6.07 Å². The SMILES string of the molecule is CC(C)N(CC#N)C(=O)CC1CCCC1. The summed E-state index contributed by atoms with van der Waals surface area (Å²) in [4.78, 5) is 13.6. The maximum Gasteiger partial charge on any atom is 0.223 e. The van der Waals surface area contributed by atoms with Crippen LogP contribution in [0.3, 0.4) is 0 Å². The van der Waals surface area contributed by atoms with Gasteiger partial charge in [-0.3, -0.25) is 4.79 Å². The van der Waals surface area contributed by atoms with E-state index in [1.54, 1.807) is 4.90 Å². The quantitative estimate of drug-likeness (QED) is 0.665. The molecule has 84 valence electrons. The standard InChI is InChI=1S/C12H20N2O/c1-10(2)14(8-7-13)12(15)9-11-5-3-4-6-11/h10-11H,3-6,8-9H2,1-2H3. The van der Waals surface area contributed by atoms with Crippen LogP contribution in [0.4, 0.5) is 0 Å². The summed E-state index contributed by atoms with van der Waals surface area (Å²) in [6.07, 6.45) is 5.53. The second-order valence-corrected chi connectivity index (χ2v) is 4.63. The molecule has 0 heterocycles. The molecule has 0 unspecified atom stereocenters. The third kappa shape index (κ3) is 3.54. The van der Waals surface area contributed by atoms with Gasteiger partial charge < -0.3 is 4.90 Å². The van der Waals surface area contributed by atoms with Crippen LogP contribution < -0.4 is 0 Å². The topological polar surface area (TPSA) is 44.1 Å². The Morgan fingerprint density at radius 1 is 1.47 bits per heavy atom. The fourth-order valence-corrected chi connectivity index (χ4v) is 2.21. The van der Waals surface area contributed by atoms with Crippen LogP contribution in [0.5, 0.6) is 0 Å². The number of hydrogen-bond acceptors (Lipinski definition) is 2. The van der Waals surface area contributed by atoms with Crippen LogP contribution in [0, 0.1) is 17.2 Å². The molecule has 15 heavy (non-hydrogen) atoms. The maximum absolute atomic E-state index is 11.9. The van der Waals surface area contributed by atoms with Crippen LogP contribution in [-0.2, 0) is 4.79 Å². The van der Waals surface area contributed by atoms with Gasteiger partial charge in [-0.1, -0.05) is 12.8 Å². The Hall–Kier alpha value is -1.04. The molecule has 3 heteroatoms. The van der Waals surface area contributed by atoms with Crippen LogP contribution >= 0.6 is 0 Å². The number of nitriles is 1. The molecule has 1 aliphatic rings. The van der Waals surface area contributed by atoms with Crippen molar-refractivity contribution in [1.29, 1.82) is 5.26 Å². The average Bonchev–Trinajstić information content (AvgIpc) is 2.65. The van der Waals surface area contributed by atoms with Crippen molar-refractivity contribution in [2.24, 2.45) is 5.92 Å². The van der Waals surface area contributed by atoms with Crippen molar-refractivity contribution in [3.8, 4) is 6.07 Å². The summed E-state index contributed by atoms with van der Waals surface area (Å²) < 4.78 is 0. The number of rotatable bonds is 4. The van der Waals surface area contributed by atoms with Crippen molar-refractivity contribution in [2.75, 3.05) is 6.54 Å². The van der Waals surface area contributed by atoms with Gasteiger partial charge in [0.1, 0.15) is 6.54 Å². The highest BCUT2D eigenvalue weighted by atomic mass is 16.2. The predicted molar refractivity (Wildman–Crippen MR) is 59.0 cm³/mol. The molecule has 1 rings (SSSR count). The zero-order valence-corrected chi connectivity index (χ0v) is 9.70. The van der Waals surface area contributed by atoms with E-state index in [1.165, 1.54) is 25.7 Å². The molecule has 1 aliphatic carbocycles. The molecule has 0 aromatic carbocycles. The van der Waals surface area contributed by atoms with Crippen LogP contribution in [0.15, 0.2) is 0 Å². The predicted octanol–water partition coefficient (Wildman–Crippen LogP) is 2.33. The van der Waals surface area contributed by atoms with Crippen LogP contribution in [0.25, 0.3) is 0 Å². The first-order valence-corrected chi connectivity index (χ1v) is 5.81. The molecular weight excluding hydrogens is 188 g/mol. The smallest absolute Gasteiger partial charge is 0.223 e. The summed E-state index contributed by atoms with van der Waals surface area (Å²) in [6.45, 7) is 4.15. The van der Waals surface area contributed by atoms with Crippen molar-refractivity contribution in [3.05, 3.63) is 0 Å². The molecule has 0 spiro atoms. The third-order valence-corrected chi connectivity index (χ3v) is 3.12. The first-order valence-electron chi connectivity index (χ1n) is 5.81. The molecular formula is C12H20N2O. The Kier molecular flexibility index (Phi) is 4.61. The lowest BCUT2D eigenvalue weighted by atomic mass is 10.0. The molecule has 0 bridgehead atoms. The number of nitrogens with zero attached hydrogens (tertiary/aromatic N) is 2. The van der Waals surface area contributed by atoms with Gasteiger partial charge in [-0.15, -0.1) is 0 Å². The molecule has 3 nitrogen and oxygen atoms in total. The van der Waals surface area contributed by atoms with Crippen molar-refractivity contribution in [2.45, 2.75) is 52.0 Å². The molecule has 1 saturated carbocycles. The van der Waals surface area contributed by atoms with Gasteiger partial charge in [0.25, 0.3) is 0 Å². The van der Waals surface area contributed by atoms with Crippen molar-refractivity contribution >= 4 is 5.91 Å². The van der Waals surface area contributed by atoms with Crippen LogP contribution in [-0.4, -0.2) is 23.4 Å². The van der Waals surface area contributed by atoms with E-state index in [0.717, 1.165) is 0 Å². The van der Waals surface area contributed by atoms with Gasteiger partial charge >= 0.3 is 0 Å². The van der Waals surface area contributed by atoms with Gasteiger partial charge in [-0.25, -0.2) is 0 Å². The number of amides is 1. The van der Waals surface area contributed by atoms with E-state index in [-0.39, 0.29) is 18.5 Å². The Morgan fingerprint density at radius 3 is 2.53 bits per heavy atom. The highest BCUT2D eigenvalue weighted by molar-refractivity contribution is 5.77. The second-order valence-electron chi connectivity index (χ2n) is 4.63. The van der Waals surface area contributed by atoms with Gasteiger partial charge in [-0.2, -0.15) is 5.26 Å². The summed E-state index contributed by atoms with van der Waals surface area (Å²) in [5, 5.41) is 8.65. The van der Waals surface area contributed by atoms with Gasteiger partial charge in [-0.05, 0) is 32.6 Å². The lowest BCUT2D eigenvalue weighted by Gasteiger charge is -2.25. The minimum atomic E-state index is 0.138. The number of carbonyl (C=O) groups excluding carboxylic acids is 1. The molecule has 0 aromatic rings. The fourth-order valence-electron chi connectivity index (χ4n) is 2.21. The van der Waals surface area contributed by atoms with E-state index in [1.807, 2.05) is 13.8 Å². The second kappa shape index (κ2) is 5.75. The minimum absolute atomic E-state index is 0.138. The summed E-state index contributed by atoms with van der Waals surface area (Å²) in [5.74, 6) is 0.718. The minimum Gasteiger partial charge on any atom is -0.327 e. The Bertz CT molecular complexity index is 249. The van der Waals surface area contributed by atoms with E-state index < -0.39 is 0 Å². The molecule has 0 atom stereocenters. The molecule has 0 aromatic heterocycles. The molecule has 0 saturated heterocycles. The largest absolute Gasteiger partial charge is 0.327 e. The summed E-state index contributed by atoms with van der Waals surface area (Å²) >= 11 is 0. The van der Waals surface area contributed by atoms with E-state index >= 15 is 0 Å². The highest BCUT2D eigenvalue weighted by Gasteiger charge is 2.23. The van der Waals surface area contributed by atoms with E-state index in [4.69, 9.17) is 5.26 Å². The van der Waals surface area contributed by atoms with Gasteiger partial charge in [0, 0.05) is 12.5 Å². The van der Waals surface area contributed by atoms with Crippen LogP contribution in [0.1, 0.15) is 46.0 Å². The normalized spacial score (nSPS) is 16.7. The number of hydrogen-bond donors (Lipinski definition) is 0. The number of carbonyl (C=O) groups is 1. The fraction of sp³-hybridized carbons (Fsp3) is 0.833. The summed E-state index contributed by atoms with van der Waals surface area (Å²) in [6, 6.07) is 2.20. The monoisotopic (exact) mass is 208 g/mol. The van der Waals surface area contributed by atoms with Crippen molar-refractivity contribution in [3.63, 3.8) is 0 Å². The summed E-state index contributed by atoms with van der Waals surface area (Å²) in [5.41, 5.74) is 0. The van der Waals surface area contributed by atoms with Gasteiger partial charge in [0.15, 0.2) is 0 Å². The Labute approximate surface area is 92.1 Å². The molecule has 1 fully saturated rings.